The van der Waals surface area contributed by atoms with Crippen LogP contribution in [-0.4, -0.2) is 52.3 Å². The van der Waals surface area contributed by atoms with Crippen molar-refractivity contribution in [1.29, 1.82) is 0 Å². The predicted molar refractivity (Wildman–Crippen MR) is 108 cm³/mol. The van der Waals surface area contributed by atoms with Crippen LogP contribution in [0.5, 0.6) is 0 Å². The van der Waals surface area contributed by atoms with Gasteiger partial charge in [0.25, 0.3) is 11.1 Å². The molecular weight excluding hydrogens is 396 g/mol. The summed E-state index contributed by atoms with van der Waals surface area (Å²) in [6, 6.07) is 7.42. The molecule has 0 radical (unpaired) electrons. The van der Waals surface area contributed by atoms with Gasteiger partial charge in [0.05, 0.1) is 18.1 Å². The van der Waals surface area contributed by atoms with E-state index >= 15 is 0 Å². The molecule has 0 bridgehead atoms. The summed E-state index contributed by atoms with van der Waals surface area (Å²) in [6.07, 6.45) is 3.33. The van der Waals surface area contributed by atoms with Crippen molar-refractivity contribution in [1.82, 2.24) is 9.47 Å². The molecule has 0 N–H and O–H groups in total. The van der Waals surface area contributed by atoms with Gasteiger partial charge in [0.2, 0.25) is 0 Å². The van der Waals surface area contributed by atoms with E-state index in [-0.39, 0.29) is 24.0 Å². The second-order valence-corrected chi connectivity index (χ2v) is 7.10. The number of carbonyl (C=O) groups is 4. The standard InChI is InChI=1S/C20H20N2O6S/c1-3-27-17(23)11-21-10-13(14-7-5-6-8-15(14)21)9-16-19(25)22(20(26)29-16)12-18(24)28-4-2/h5-10H,3-4,11-12H2,1-2H3/b16-9+. The number of benzene rings is 1. The Balaban J connectivity index is 1.90. The number of hydrogen-bond acceptors (Lipinski definition) is 7. The summed E-state index contributed by atoms with van der Waals surface area (Å²) in [4.78, 5) is 49.4. The third kappa shape index (κ3) is 4.51. The van der Waals surface area contributed by atoms with Gasteiger partial charge in [0.15, 0.2) is 0 Å². The Bertz CT molecular complexity index is 1010. The lowest BCUT2D eigenvalue weighted by Crippen LogP contribution is -2.34. The Kier molecular flexibility index (Phi) is 6.38. The normalized spacial score (nSPS) is 15.4. The predicted octanol–water partition coefficient (Wildman–Crippen LogP) is 2.80. The first-order valence-corrected chi connectivity index (χ1v) is 9.90. The Hall–Kier alpha value is -3.07. The fourth-order valence-corrected chi connectivity index (χ4v) is 3.81. The zero-order valence-electron chi connectivity index (χ0n) is 16.0. The van der Waals surface area contributed by atoms with E-state index in [4.69, 9.17) is 9.47 Å². The molecule has 1 aromatic heterocycles. The van der Waals surface area contributed by atoms with Crippen LogP contribution in [0.2, 0.25) is 0 Å². The molecule has 29 heavy (non-hydrogen) atoms. The van der Waals surface area contributed by atoms with Crippen molar-refractivity contribution in [2.24, 2.45) is 0 Å². The fraction of sp³-hybridized carbons (Fsp3) is 0.300. The number of thioether (sulfide) groups is 1. The lowest BCUT2D eigenvalue weighted by molar-refractivity contribution is -0.146. The van der Waals surface area contributed by atoms with Gasteiger partial charge in [0, 0.05) is 22.7 Å². The Labute approximate surface area is 171 Å². The number of para-hydroxylation sites is 1. The number of nitrogens with zero attached hydrogens (tertiary/aromatic N) is 2. The summed E-state index contributed by atoms with van der Waals surface area (Å²) in [5, 5.41) is 0.304. The van der Waals surface area contributed by atoms with Crippen molar-refractivity contribution < 1.29 is 28.7 Å². The zero-order valence-corrected chi connectivity index (χ0v) is 16.9. The minimum absolute atomic E-state index is 0.0343. The molecule has 152 valence electrons. The van der Waals surface area contributed by atoms with Gasteiger partial charge < -0.3 is 14.0 Å². The van der Waals surface area contributed by atoms with Crippen LogP contribution in [0.3, 0.4) is 0 Å². The van der Waals surface area contributed by atoms with E-state index < -0.39 is 23.7 Å². The maximum Gasteiger partial charge on any atom is 0.326 e. The molecule has 0 aliphatic carbocycles. The molecule has 2 amide bonds. The Morgan fingerprint density at radius 2 is 1.69 bits per heavy atom. The van der Waals surface area contributed by atoms with Crippen LogP contribution in [0.4, 0.5) is 4.79 Å². The lowest BCUT2D eigenvalue weighted by atomic mass is 10.1. The maximum absolute atomic E-state index is 12.6. The highest BCUT2D eigenvalue weighted by Crippen LogP contribution is 2.34. The first-order chi connectivity index (χ1) is 13.9. The minimum atomic E-state index is -0.637. The molecule has 0 saturated carbocycles. The number of aromatic nitrogens is 1. The van der Waals surface area contributed by atoms with E-state index in [1.165, 1.54) is 0 Å². The van der Waals surface area contributed by atoms with E-state index in [1.807, 2.05) is 24.3 Å². The van der Waals surface area contributed by atoms with Gasteiger partial charge in [-0.3, -0.25) is 24.1 Å². The SMILES string of the molecule is CCOC(=O)CN1C(=O)S/C(=C/c2cn(CC(=O)OCC)c3ccccc23)C1=O. The third-order valence-corrected chi connectivity index (χ3v) is 5.08. The second kappa shape index (κ2) is 8.95. The van der Waals surface area contributed by atoms with Crippen molar-refractivity contribution >= 4 is 51.8 Å². The van der Waals surface area contributed by atoms with Gasteiger partial charge >= 0.3 is 11.9 Å². The molecule has 2 heterocycles. The quantitative estimate of drug-likeness (QED) is 0.506. The molecule has 0 spiro atoms. The Morgan fingerprint density at radius 1 is 1.03 bits per heavy atom. The van der Waals surface area contributed by atoms with Gasteiger partial charge in [-0.1, -0.05) is 18.2 Å². The monoisotopic (exact) mass is 416 g/mol. The molecule has 8 nitrogen and oxygen atoms in total. The van der Waals surface area contributed by atoms with Crippen LogP contribution in [-0.2, 0) is 30.4 Å². The van der Waals surface area contributed by atoms with Crippen molar-refractivity contribution in [3.8, 4) is 0 Å². The van der Waals surface area contributed by atoms with Crippen molar-refractivity contribution in [2.75, 3.05) is 19.8 Å². The molecule has 1 saturated heterocycles. The largest absolute Gasteiger partial charge is 0.465 e. The van der Waals surface area contributed by atoms with Crippen LogP contribution in [0.25, 0.3) is 17.0 Å². The highest BCUT2D eigenvalue weighted by molar-refractivity contribution is 8.18. The van der Waals surface area contributed by atoms with Crippen molar-refractivity contribution in [3.63, 3.8) is 0 Å². The van der Waals surface area contributed by atoms with Gasteiger partial charge in [-0.25, -0.2) is 0 Å². The smallest absolute Gasteiger partial charge is 0.326 e. The molecule has 0 atom stereocenters. The summed E-state index contributed by atoms with van der Waals surface area (Å²) < 4.78 is 11.6. The van der Waals surface area contributed by atoms with E-state index in [0.717, 1.165) is 27.6 Å². The molecule has 1 fully saturated rings. The van der Waals surface area contributed by atoms with Crippen LogP contribution < -0.4 is 0 Å². The molecule has 9 heteroatoms. The van der Waals surface area contributed by atoms with Gasteiger partial charge in [0.1, 0.15) is 13.1 Å². The summed E-state index contributed by atoms with van der Waals surface area (Å²) in [7, 11) is 0. The molecule has 1 aliphatic heterocycles. The number of carbonyl (C=O) groups excluding carboxylic acids is 4. The Morgan fingerprint density at radius 3 is 2.38 bits per heavy atom. The number of esters is 2. The number of rotatable bonds is 7. The average Bonchev–Trinajstić information content (AvgIpc) is 3.15. The molecule has 3 rings (SSSR count). The maximum atomic E-state index is 12.6. The van der Waals surface area contributed by atoms with Crippen molar-refractivity contribution in [3.05, 3.63) is 40.9 Å². The van der Waals surface area contributed by atoms with Gasteiger partial charge in [-0.15, -0.1) is 0 Å². The topological polar surface area (TPSA) is 94.9 Å². The highest BCUT2D eigenvalue weighted by Gasteiger charge is 2.36. The number of fused-ring (bicyclic) bond motifs is 1. The van der Waals surface area contributed by atoms with E-state index in [9.17, 15) is 19.2 Å². The summed E-state index contributed by atoms with van der Waals surface area (Å²) in [5.74, 6) is -1.55. The second-order valence-electron chi connectivity index (χ2n) is 6.11. The highest BCUT2D eigenvalue weighted by atomic mass is 32.2. The van der Waals surface area contributed by atoms with Crippen LogP contribution in [0.15, 0.2) is 35.4 Å². The summed E-state index contributed by atoms with van der Waals surface area (Å²) >= 11 is 0.766. The first-order valence-electron chi connectivity index (χ1n) is 9.09. The molecule has 1 aromatic carbocycles. The number of amides is 2. The number of imide groups is 1. The fourth-order valence-electron chi connectivity index (χ4n) is 2.98. The summed E-state index contributed by atoms with van der Waals surface area (Å²) in [5.41, 5.74) is 1.49. The first kappa shape index (κ1) is 20.7. The average molecular weight is 416 g/mol. The van der Waals surface area contributed by atoms with Gasteiger partial charge in [-0.05, 0) is 37.8 Å². The number of hydrogen-bond donors (Lipinski definition) is 0. The molecule has 2 aromatic rings. The lowest BCUT2D eigenvalue weighted by Gasteiger charge is -2.10. The van der Waals surface area contributed by atoms with Crippen LogP contribution in [0.1, 0.15) is 19.4 Å². The minimum Gasteiger partial charge on any atom is -0.465 e. The van der Waals surface area contributed by atoms with Crippen LogP contribution in [0, 0.1) is 0 Å². The zero-order chi connectivity index (χ0) is 21.0. The van der Waals surface area contributed by atoms with E-state index in [2.05, 4.69) is 0 Å². The van der Waals surface area contributed by atoms with Crippen molar-refractivity contribution in [2.45, 2.75) is 20.4 Å². The van der Waals surface area contributed by atoms with Crippen LogP contribution >= 0.6 is 11.8 Å². The van der Waals surface area contributed by atoms with Gasteiger partial charge in [-0.2, -0.15) is 0 Å². The third-order valence-electron chi connectivity index (χ3n) is 4.18. The van der Waals surface area contributed by atoms with E-state index in [1.54, 1.807) is 30.7 Å². The summed E-state index contributed by atoms with van der Waals surface area (Å²) in [6.45, 7) is 3.47. The number of ether oxygens (including phenoxy) is 2. The molecular formula is C20H20N2O6S. The molecule has 0 unspecified atom stereocenters. The molecule has 1 aliphatic rings. The van der Waals surface area contributed by atoms with E-state index in [0.29, 0.717) is 12.2 Å².